The van der Waals surface area contributed by atoms with Gasteiger partial charge in [0, 0.05) is 40.9 Å². The molecule has 0 saturated heterocycles. The van der Waals surface area contributed by atoms with Crippen molar-refractivity contribution in [2.24, 2.45) is 0 Å². The highest BCUT2D eigenvalue weighted by atomic mass is 32.2. The van der Waals surface area contributed by atoms with Gasteiger partial charge in [0.25, 0.3) is 0 Å². The fraction of sp³-hybridized carbons (Fsp3) is 0.0714. The molecule has 0 amide bonds. The summed E-state index contributed by atoms with van der Waals surface area (Å²) in [5, 5.41) is 8.56. The van der Waals surface area contributed by atoms with Crippen molar-refractivity contribution in [3.05, 3.63) is 85.5 Å². The molecule has 6 rings (SSSR count). The second-order valence-electron chi connectivity index (χ2n) is 8.62. The highest BCUT2D eigenvalue weighted by molar-refractivity contribution is 7.86. The number of aromatic amines is 1. The van der Waals surface area contributed by atoms with Gasteiger partial charge in [-0.25, -0.2) is 24.1 Å². The van der Waals surface area contributed by atoms with Crippen molar-refractivity contribution in [1.82, 2.24) is 24.9 Å². The van der Waals surface area contributed by atoms with Gasteiger partial charge in [0.05, 0.1) is 30.0 Å². The summed E-state index contributed by atoms with van der Waals surface area (Å²) >= 11 is 0. The number of nitrogens with zero attached hydrogens (tertiary/aromatic N) is 4. The first-order valence-electron chi connectivity index (χ1n) is 12.2. The molecule has 0 aliphatic heterocycles. The SMILES string of the molecule is COc1cc2[nH]c3ncnc(Nc4cccc(Nc5ccc(S(=O)Nc6ncccn6)cc5)c4)c3c2cc1OC. The minimum absolute atomic E-state index is 0.305. The molecule has 0 saturated carbocycles. The smallest absolute Gasteiger partial charge is 0.234 e. The van der Waals surface area contributed by atoms with Crippen molar-refractivity contribution in [3.63, 3.8) is 0 Å². The summed E-state index contributed by atoms with van der Waals surface area (Å²) in [6, 6.07) is 20.6. The highest BCUT2D eigenvalue weighted by Gasteiger charge is 2.15. The normalized spacial score (nSPS) is 11.8. The maximum absolute atomic E-state index is 12.6. The quantitative estimate of drug-likeness (QED) is 0.182. The van der Waals surface area contributed by atoms with Crippen molar-refractivity contribution in [2.75, 3.05) is 29.6 Å². The molecule has 0 radical (unpaired) electrons. The number of fused-ring (bicyclic) bond motifs is 3. The van der Waals surface area contributed by atoms with E-state index in [2.05, 4.69) is 40.3 Å². The van der Waals surface area contributed by atoms with Gasteiger partial charge in [-0.2, -0.15) is 0 Å². The fourth-order valence-electron chi connectivity index (χ4n) is 4.28. The molecular formula is C28H24N8O3S. The van der Waals surface area contributed by atoms with E-state index in [9.17, 15) is 4.21 Å². The second-order valence-corrected chi connectivity index (χ2v) is 9.84. The third kappa shape index (κ3) is 5.07. The number of methoxy groups -OCH3 is 2. The van der Waals surface area contributed by atoms with Gasteiger partial charge in [-0.1, -0.05) is 6.07 Å². The summed E-state index contributed by atoms with van der Waals surface area (Å²) in [7, 11) is 1.73. The third-order valence-corrected chi connectivity index (χ3v) is 7.19. The predicted octanol–water partition coefficient (Wildman–Crippen LogP) is 5.54. The van der Waals surface area contributed by atoms with E-state index in [1.165, 1.54) is 6.33 Å². The Kier molecular flexibility index (Phi) is 6.81. The maximum atomic E-state index is 12.6. The van der Waals surface area contributed by atoms with E-state index in [1.807, 2.05) is 48.5 Å². The van der Waals surface area contributed by atoms with E-state index >= 15 is 0 Å². The predicted molar refractivity (Wildman–Crippen MR) is 156 cm³/mol. The van der Waals surface area contributed by atoms with Crippen LogP contribution in [-0.4, -0.2) is 43.3 Å². The Morgan fingerprint density at radius 2 is 1.50 bits per heavy atom. The fourth-order valence-corrected chi connectivity index (χ4v) is 5.05. The van der Waals surface area contributed by atoms with E-state index in [0.717, 1.165) is 33.4 Å². The molecule has 11 nitrogen and oxygen atoms in total. The first kappa shape index (κ1) is 25.1. The molecule has 200 valence electrons. The van der Waals surface area contributed by atoms with Crippen LogP contribution in [0.5, 0.6) is 11.5 Å². The van der Waals surface area contributed by atoms with Gasteiger partial charge in [-0.05, 0) is 54.6 Å². The number of anilines is 5. The Bertz CT molecular complexity index is 1830. The van der Waals surface area contributed by atoms with Crippen molar-refractivity contribution in [2.45, 2.75) is 4.90 Å². The lowest BCUT2D eigenvalue weighted by Gasteiger charge is -2.11. The van der Waals surface area contributed by atoms with Crippen LogP contribution in [0.25, 0.3) is 21.9 Å². The Morgan fingerprint density at radius 3 is 2.25 bits per heavy atom. The van der Waals surface area contributed by atoms with Gasteiger partial charge in [-0.3, -0.25) is 4.72 Å². The molecule has 0 aliphatic rings. The molecule has 4 N–H and O–H groups in total. The monoisotopic (exact) mass is 552 g/mol. The standard InChI is InChI=1S/C28H24N8O3S/c1-38-23-14-21-22(15-24(23)39-2)35-27-25(21)26(31-16-32-27)34-19-6-3-5-18(13-19)33-17-7-9-20(10-8-17)40(37)36-28-29-11-4-12-30-28/h3-16,33H,1-2H3,(H,29,30,36)(H2,31,32,34,35). The van der Waals surface area contributed by atoms with Crippen molar-refractivity contribution < 1.29 is 13.7 Å². The highest BCUT2D eigenvalue weighted by Crippen LogP contribution is 2.38. The lowest BCUT2D eigenvalue weighted by atomic mass is 10.1. The third-order valence-electron chi connectivity index (χ3n) is 6.13. The van der Waals surface area contributed by atoms with Gasteiger partial charge < -0.3 is 25.1 Å². The number of ether oxygens (including phenoxy) is 2. The Hall–Kier alpha value is -5.23. The second kappa shape index (κ2) is 10.9. The minimum Gasteiger partial charge on any atom is -0.493 e. The van der Waals surface area contributed by atoms with Crippen LogP contribution in [0.3, 0.4) is 0 Å². The van der Waals surface area contributed by atoms with Crippen LogP contribution in [0, 0.1) is 0 Å². The number of benzene rings is 3. The topological polar surface area (TPSA) is 139 Å². The van der Waals surface area contributed by atoms with Crippen LogP contribution in [0.1, 0.15) is 0 Å². The first-order chi connectivity index (χ1) is 19.6. The van der Waals surface area contributed by atoms with Crippen LogP contribution < -0.4 is 24.8 Å². The maximum Gasteiger partial charge on any atom is 0.234 e. The van der Waals surface area contributed by atoms with E-state index in [-0.39, 0.29) is 0 Å². The zero-order valence-electron chi connectivity index (χ0n) is 21.5. The number of rotatable bonds is 9. The van der Waals surface area contributed by atoms with Crippen LogP contribution in [-0.2, 0) is 11.0 Å². The molecule has 3 aromatic heterocycles. The van der Waals surface area contributed by atoms with Crippen LogP contribution >= 0.6 is 0 Å². The van der Waals surface area contributed by atoms with Crippen LogP contribution in [0.4, 0.5) is 28.8 Å². The number of hydrogen-bond donors (Lipinski definition) is 4. The molecule has 12 heteroatoms. The van der Waals surface area contributed by atoms with Crippen molar-refractivity contribution >= 4 is 61.8 Å². The first-order valence-corrected chi connectivity index (χ1v) is 13.3. The molecule has 1 atom stereocenters. The average molecular weight is 553 g/mol. The number of nitrogens with one attached hydrogen (secondary N) is 4. The average Bonchev–Trinajstić information content (AvgIpc) is 3.36. The largest absolute Gasteiger partial charge is 0.493 e. The Labute approximate surface area is 231 Å². The van der Waals surface area contributed by atoms with Gasteiger partial charge >= 0.3 is 0 Å². The van der Waals surface area contributed by atoms with E-state index < -0.39 is 11.0 Å². The number of hydrogen-bond acceptors (Lipinski definition) is 9. The molecule has 3 heterocycles. The molecule has 40 heavy (non-hydrogen) atoms. The van der Waals surface area contributed by atoms with Gasteiger partial charge in [0.1, 0.15) is 17.8 Å². The van der Waals surface area contributed by atoms with Gasteiger partial charge in [-0.15, -0.1) is 0 Å². The lowest BCUT2D eigenvalue weighted by molar-refractivity contribution is 0.356. The molecule has 0 aliphatic carbocycles. The Morgan fingerprint density at radius 1 is 0.775 bits per heavy atom. The summed E-state index contributed by atoms with van der Waals surface area (Å²) in [5.41, 5.74) is 4.11. The molecular weight excluding hydrogens is 528 g/mol. The van der Waals surface area contributed by atoms with Gasteiger partial charge in [0.2, 0.25) is 5.95 Å². The summed E-state index contributed by atoms with van der Waals surface area (Å²) in [6.45, 7) is 0. The van der Waals surface area contributed by atoms with Crippen molar-refractivity contribution in [1.29, 1.82) is 0 Å². The van der Waals surface area contributed by atoms with Crippen LogP contribution in [0.15, 0.2) is 90.3 Å². The van der Waals surface area contributed by atoms with E-state index in [4.69, 9.17) is 9.47 Å². The minimum atomic E-state index is -1.48. The van der Waals surface area contributed by atoms with Crippen LogP contribution in [0.2, 0.25) is 0 Å². The summed E-state index contributed by atoms with van der Waals surface area (Å²) in [5.74, 6) is 2.21. The molecule has 0 fully saturated rings. The van der Waals surface area contributed by atoms with Crippen molar-refractivity contribution in [3.8, 4) is 11.5 Å². The molecule has 6 aromatic rings. The summed E-state index contributed by atoms with van der Waals surface area (Å²) < 4.78 is 26.3. The molecule has 3 aromatic carbocycles. The van der Waals surface area contributed by atoms with E-state index in [0.29, 0.717) is 33.8 Å². The molecule has 1 unspecified atom stereocenters. The Balaban J connectivity index is 1.22. The number of aromatic nitrogens is 5. The zero-order valence-corrected chi connectivity index (χ0v) is 22.3. The lowest BCUT2D eigenvalue weighted by Crippen LogP contribution is -2.07. The summed E-state index contributed by atoms with van der Waals surface area (Å²) in [6.07, 6.45) is 4.69. The molecule has 0 bridgehead atoms. The summed E-state index contributed by atoms with van der Waals surface area (Å²) in [4.78, 5) is 21.0. The number of H-pyrrole nitrogens is 1. The zero-order chi connectivity index (χ0) is 27.5. The molecule has 0 spiro atoms. The van der Waals surface area contributed by atoms with E-state index in [1.54, 1.807) is 44.8 Å². The van der Waals surface area contributed by atoms with Gasteiger partial charge in [0.15, 0.2) is 22.5 Å².